The third-order valence-electron chi connectivity index (χ3n) is 2.59. The lowest BCUT2D eigenvalue weighted by Crippen LogP contribution is -2.22. The first-order chi connectivity index (χ1) is 4.35. The molecule has 2 aliphatic rings. The van der Waals surface area contributed by atoms with Crippen molar-refractivity contribution in [1.82, 2.24) is 5.32 Å². The van der Waals surface area contributed by atoms with Gasteiger partial charge in [-0.2, -0.15) is 0 Å². The molecule has 0 aromatic heterocycles. The van der Waals surface area contributed by atoms with Crippen LogP contribution in [-0.4, -0.2) is 19.3 Å². The first kappa shape index (κ1) is 5.66. The van der Waals surface area contributed by atoms with Crippen LogP contribution >= 0.6 is 0 Å². The average Bonchev–Trinajstić information content (AvgIpc) is 2.44. The maximum atomic E-state index is 12.0. The number of hydrogen-bond donors (Lipinski definition) is 1. The molecule has 1 aliphatic carbocycles. The molecule has 2 rings (SSSR count). The third kappa shape index (κ3) is 0.855. The smallest absolute Gasteiger partial charge is 0.105 e. The van der Waals surface area contributed by atoms with Crippen molar-refractivity contribution in [3.63, 3.8) is 0 Å². The number of rotatable bonds is 1. The van der Waals surface area contributed by atoms with Crippen molar-refractivity contribution in [1.29, 1.82) is 0 Å². The lowest BCUT2D eigenvalue weighted by Gasteiger charge is -2.01. The molecule has 1 aliphatic heterocycles. The normalized spacial score (nSPS) is 37.7. The zero-order chi connectivity index (χ0) is 6.32. The van der Waals surface area contributed by atoms with Gasteiger partial charge in [-0.1, -0.05) is 0 Å². The summed E-state index contributed by atoms with van der Waals surface area (Å²) in [5.74, 6) is 0. The first-order valence-electron chi connectivity index (χ1n) is 3.64. The van der Waals surface area contributed by atoms with Gasteiger partial charge in [0.2, 0.25) is 0 Å². The van der Waals surface area contributed by atoms with E-state index in [-0.39, 0.29) is 12.7 Å². The predicted octanol–water partition coefficient (Wildman–Crippen LogP) is 1.10. The Kier molecular flexibility index (Phi) is 1.06. The van der Waals surface area contributed by atoms with Gasteiger partial charge in [0.25, 0.3) is 0 Å². The summed E-state index contributed by atoms with van der Waals surface area (Å²) in [6.07, 6.45) is 3.75. The van der Waals surface area contributed by atoms with Crippen LogP contribution in [0.4, 0.5) is 4.39 Å². The van der Waals surface area contributed by atoms with E-state index in [1.807, 2.05) is 0 Å². The van der Waals surface area contributed by atoms with Gasteiger partial charge in [0.1, 0.15) is 6.67 Å². The summed E-state index contributed by atoms with van der Waals surface area (Å²) in [5.41, 5.74) is 0.566. The van der Waals surface area contributed by atoms with E-state index in [2.05, 4.69) is 5.32 Å². The highest BCUT2D eigenvalue weighted by Gasteiger charge is 2.47. The summed E-state index contributed by atoms with van der Waals surface area (Å²) < 4.78 is 12.0. The van der Waals surface area contributed by atoms with E-state index in [0.717, 1.165) is 13.0 Å². The van der Waals surface area contributed by atoms with Crippen molar-refractivity contribution in [3.8, 4) is 0 Å². The minimum absolute atomic E-state index is 0.179. The van der Waals surface area contributed by atoms with Crippen LogP contribution in [0.25, 0.3) is 0 Å². The molecule has 1 heterocycles. The molecule has 0 unspecified atom stereocenters. The van der Waals surface area contributed by atoms with Crippen LogP contribution in [0.5, 0.6) is 0 Å². The molecule has 1 saturated carbocycles. The fourth-order valence-electron chi connectivity index (χ4n) is 1.69. The summed E-state index contributed by atoms with van der Waals surface area (Å²) in [6.45, 7) is 0.892. The van der Waals surface area contributed by atoms with Gasteiger partial charge in [-0.05, 0) is 24.7 Å². The van der Waals surface area contributed by atoms with Gasteiger partial charge in [0.15, 0.2) is 0 Å². The van der Waals surface area contributed by atoms with E-state index in [1.165, 1.54) is 12.8 Å². The molecule has 52 valence electrons. The molecule has 2 fully saturated rings. The van der Waals surface area contributed by atoms with Crippen molar-refractivity contribution in [2.45, 2.75) is 25.3 Å². The summed E-state index contributed by atoms with van der Waals surface area (Å²) in [4.78, 5) is 0. The number of halogens is 1. The van der Waals surface area contributed by atoms with Crippen molar-refractivity contribution >= 4 is 0 Å². The Morgan fingerprint density at radius 1 is 1.56 bits per heavy atom. The molecular weight excluding hydrogens is 117 g/mol. The Hall–Kier alpha value is -0.110. The molecule has 1 N–H and O–H groups in total. The van der Waals surface area contributed by atoms with Gasteiger partial charge in [0.05, 0.1) is 0 Å². The zero-order valence-electron chi connectivity index (χ0n) is 5.49. The highest BCUT2D eigenvalue weighted by Crippen LogP contribution is 2.51. The largest absolute Gasteiger partial charge is 0.311 e. The Morgan fingerprint density at radius 2 is 2.33 bits per heavy atom. The SMILES string of the molecule is FC[C@H]1CC2(CC2)CN1. The van der Waals surface area contributed by atoms with Crippen LogP contribution in [0.1, 0.15) is 19.3 Å². The van der Waals surface area contributed by atoms with E-state index >= 15 is 0 Å². The van der Waals surface area contributed by atoms with Crippen molar-refractivity contribution < 1.29 is 4.39 Å². The molecule has 0 radical (unpaired) electrons. The monoisotopic (exact) mass is 129 g/mol. The van der Waals surface area contributed by atoms with Crippen LogP contribution in [-0.2, 0) is 0 Å². The van der Waals surface area contributed by atoms with Crippen molar-refractivity contribution in [3.05, 3.63) is 0 Å². The van der Waals surface area contributed by atoms with Crippen LogP contribution < -0.4 is 5.32 Å². The van der Waals surface area contributed by atoms with Gasteiger partial charge < -0.3 is 5.32 Å². The average molecular weight is 129 g/mol. The van der Waals surface area contributed by atoms with E-state index in [1.54, 1.807) is 0 Å². The molecule has 0 amide bonds. The number of alkyl halides is 1. The fraction of sp³-hybridized carbons (Fsp3) is 1.00. The predicted molar refractivity (Wildman–Crippen MR) is 34.0 cm³/mol. The summed E-state index contributed by atoms with van der Waals surface area (Å²) in [7, 11) is 0. The van der Waals surface area contributed by atoms with Gasteiger partial charge in [-0.15, -0.1) is 0 Å². The summed E-state index contributed by atoms with van der Waals surface area (Å²) in [5, 5.41) is 3.18. The molecule has 0 aromatic carbocycles. The Bertz CT molecular complexity index is 120. The lowest BCUT2D eigenvalue weighted by atomic mass is 10.0. The maximum absolute atomic E-state index is 12.0. The molecule has 1 saturated heterocycles. The van der Waals surface area contributed by atoms with Gasteiger partial charge >= 0.3 is 0 Å². The topological polar surface area (TPSA) is 12.0 Å². The first-order valence-corrected chi connectivity index (χ1v) is 3.64. The highest BCUT2D eigenvalue weighted by atomic mass is 19.1. The molecule has 0 bridgehead atoms. The van der Waals surface area contributed by atoms with E-state index in [9.17, 15) is 4.39 Å². The van der Waals surface area contributed by atoms with Gasteiger partial charge in [0, 0.05) is 12.6 Å². The van der Waals surface area contributed by atoms with Crippen LogP contribution in [0.2, 0.25) is 0 Å². The zero-order valence-corrected chi connectivity index (χ0v) is 5.49. The Balaban J connectivity index is 1.93. The highest BCUT2D eigenvalue weighted by molar-refractivity contribution is 5.02. The Morgan fingerprint density at radius 3 is 2.67 bits per heavy atom. The molecule has 0 aromatic rings. The van der Waals surface area contributed by atoms with Crippen LogP contribution in [0.3, 0.4) is 0 Å². The molecule has 1 nitrogen and oxygen atoms in total. The maximum Gasteiger partial charge on any atom is 0.105 e. The summed E-state index contributed by atoms with van der Waals surface area (Å²) in [6, 6.07) is 0.188. The van der Waals surface area contributed by atoms with Crippen molar-refractivity contribution in [2.75, 3.05) is 13.2 Å². The fourth-order valence-corrected chi connectivity index (χ4v) is 1.69. The second-order valence-electron chi connectivity index (χ2n) is 3.44. The van der Waals surface area contributed by atoms with E-state index < -0.39 is 0 Å². The third-order valence-corrected chi connectivity index (χ3v) is 2.59. The van der Waals surface area contributed by atoms with Crippen molar-refractivity contribution in [2.24, 2.45) is 5.41 Å². The molecule has 1 spiro atoms. The Labute approximate surface area is 54.6 Å². The minimum Gasteiger partial charge on any atom is -0.311 e. The van der Waals surface area contributed by atoms with E-state index in [4.69, 9.17) is 0 Å². The second kappa shape index (κ2) is 1.69. The van der Waals surface area contributed by atoms with Gasteiger partial charge in [-0.25, -0.2) is 4.39 Å². The van der Waals surface area contributed by atoms with Gasteiger partial charge in [-0.3, -0.25) is 0 Å². The lowest BCUT2D eigenvalue weighted by molar-refractivity contribution is 0.397. The van der Waals surface area contributed by atoms with Crippen LogP contribution in [0, 0.1) is 5.41 Å². The standard InChI is InChI=1S/C7H12FN/c8-4-6-3-7(1-2-7)5-9-6/h6,9H,1-5H2/t6-/m1/s1. The van der Waals surface area contributed by atoms with Crippen LogP contribution in [0.15, 0.2) is 0 Å². The second-order valence-corrected chi connectivity index (χ2v) is 3.44. The minimum atomic E-state index is -0.179. The number of nitrogens with one attached hydrogen (secondary N) is 1. The molecule has 2 heteroatoms. The van der Waals surface area contributed by atoms with E-state index in [0.29, 0.717) is 5.41 Å². The summed E-state index contributed by atoms with van der Waals surface area (Å²) >= 11 is 0. The number of hydrogen-bond acceptors (Lipinski definition) is 1. The molecular formula is C7H12FN. The molecule has 9 heavy (non-hydrogen) atoms. The molecule has 1 atom stereocenters. The quantitative estimate of drug-likeness (QED) is 0.559.